The Morgan fingerprint density at radius 1 is 1.17 bits per heavy atom. The maximum Gasteiger partial charge on any atom is 0.213 e. The molecule has 0 aliphatic carbocycles. The van der Waals surface area contributed by atoms with Crippen LogP contribution in [0.3, 0.4) is 0 Å². The molecule has 0 saturated carbocycles. The second-order valence-electron chi connectivity index (χ2n) is 3.74. The van der Waals surface area contributed by atoms with E-state index in [2.05, 4.69) is 20.9 Å². The van der Waals surface area contributed by atoms with Gasteiger partial charge in [0.2, 0.25) is 5.88 Å². The van der Waals surface area contributed by atoms with E-state index in [0.717, 1.165) is 16.8 Å². The number of methoxy groups -OCH3 is 1. The zero-order chi connectivity index (χ0) is 12.8. The molecule has 2 rings (SSSR count). The number of alkyl halides is 1. The lowest BCUT2D eigenvalue weighted by Crippen LogP contribution is -1.99. The van der Waals surface area contributed by atoms with E-state index < -0.39 is 0 Å². The molecule has 0 saturated heterocycles. The van der Waals surface area contributed by atoms with Gasteiger partial charge in [0.25, 0.3) is 0 Å². The number of ether oxygens (including phenoxy) is 2. The van der Waals surface area contributed by atoms with E-state index in [1.807, 2.05) is 42.5 Å². The van der Waals surface area contributed by atoms with Crippen LogP contribution in [0.4, 0.5) is 0 Å². The fraction of sp³-hybridized carbons (Fsp3) is 0.214. The zero-order valence-corrected chi connectivity index (χ0v) is 11.7. The molecule has 0 spiro atoms. The first-order valence-electron chi connectivity index (χ1n) is 5.59. The smallest absolute Gasteiger partial charge is 0.213 e. The molecular weight excluding hydrogens is 294 g/mol. The van der Waals surface area contributed by atoms with Gasteiger partial charge in [-0.25, -0.2) is 4.98 Å². The number of hydrogen-bond donors (Lipinski definition) is 0. The van der Waals surface area contributed by atoms with Crippen LogP contribution in [-0.4, -0.2) is 12.1 Å². The third kappa shape index (κ3) is 3.47. The van der Waals surface area contributed by atoms with Crippen LogP contribution in [0.5, 0.6) is 11.6 Å². The number of benzene rings is 1. The van der Waals surface area contributed by atoms with Crippen LogP contribution in [0.25, 0.3) is 0 Å². The van der Waals surface area contributed by atoms with Crippen molar-refractivity contribution in [3.8, 4) is 11.6 Å². The molecule has 0 bridgehead atoms. The van der Waals surface area contributed by atoms with Gasteiger partial charge in [-0.15, -0.1) is 0 Å². The van der Waals surface area contributed by atoms with Crippen molar-refractivity contribution in [1.29, 1.82) is 0 Å². The molecule has 0 amide bonds. The first kappa shape index (κ1) is 12.9. The van der Waals surface area contributed by atoms with Gasteiger partial charge in [0.05, 0.1) is 12.8 Å². The van der Waals surface area contributed by atoms with Gasteiger partial charge in [0, 0.05) is 11.4 Å². The Labute approximate surface area is 115 Å². The van der Waals surface area contributed by atoms with E-state index in [0.29, 0.717) is 12.5 Å². The quantitative estimate of drug-likeness (QED) is 0.791. The van der Waals surface area contributed by atoms with E-state index in [-0.39, 0.29) is 0 Å². The Bertz CT molecular complexity index is 469. The normalized spacial score (nSPS) is 10.1. The monoisotopic (exact) mass is 307 g/mol. The summed E-state index contributed by atoms with van der Waals surface area (Å²) in [7, 11) is 1.60. The van der Waals surface area contributed by atoms with Crippen molar-refractivity contribution in [3.63, 3.8) is 0 Å². The van der Waals surface area contributed by atoms with E-state index in [4.69, 9.17) is 9.47 Å². The topological polar surface area (TPSA) is 31.4 Å². The van der Waals surface area contributed by atoms with Gasteiger partial charge in [-0.2, -0.15) is 0 Å². The highest BCUT2D eigenvalue weighted by Gasteiger charge is 2.00. The summed E-state index contributed by atoms with van der Waals surface area (Å²) in [5.41, 5.74) is 2.03. The Kier molecular flexibility index (Phi) is 4.59. The third-order valence-corrected chi connectivity index (χ3v) is 3.08. The van der Waals surface area contributed by atoms with Crippen LogP contribution in [-0.2, 0) is 11.9 Å². The first-order valence-corrected chi connectivity index (χ1v) is 6.71. The van der Waals surface area contributed by atoms with Crippen LogP contribution in [0.1, 0.15) is 11.3 Å². The Morgan fingerprint density at radius 2 is 2.00 bits per heavy atom. The number of aromatic nitrogens is 1. The molecule has 0 aliphatic heterocycles. The van der Waals surface area contributed by atoms with Gasteiger partial charge in [-0.3, -0.25) is 0 Å². The molecule has 18 heavy (non-hydrogen) atoms. The van der Waals surface area contributed by atoms with Gasteiger partial charge in [0.15, 0.2) is 0 Å². The lowest BCUT2D eigenvalue weighted by Gasteiger charge is -2.07. The van der Waals surface area contributed by atoms with E-state index >= 15 is 0 Å². The Hall–Kier alpha value is -1.55. The number of halogens is 1. The van der Waals surface area contributed by atoms with Crippen molar-refractivity contribution >= 4 is 15.9 Å². The van der Waals surface area contributed by atoms with Crippen LogP contribution >= 0.6 is 15.9 Å². The Morgan fingerprint density at radius 3 is 2.78 bits per heavy atom. The van der Waals surface area contributed by atoms with Gasteiger partial charge < -0.3 is 9.47 Å². The molecule has 1 aromatic heterocycles. The van der Waals surface area contributed by atoms with Crippen molar-refractivity contribution in [2.24, 2.45) is 0 Å². The molecule has 0 N–H and O–H groups in total. The SMILES string of the molecule is COc1cccc(COc2cccc(CBr)c2)n1. The van der Waals surface area contributed by atoms with E-state index in [1.165, 1.54) is 5.56 Å². The first-order chi connectivity index (χ1) is 8.81. The predicted octanol–water partition coefficient (Wildman–Crippen LogP) is 3.56. The van der Waals surface area contributed by atoms with Crippen molar-refractivity contribution in [1.82, 2.24) is 4.98 Å². The maximum absolute atomic E-state index is 5.70. The van der Waals surface area contributed by atoms with Crippen LogP contribution in [0, 0.1) is 0 Å². The highest BCUT2D eigenvalue weighted by molar-refractivity contribution is 9.08. The standard InChI is InChI=1S/C14H14BrNO2/c1-17-14-7-3-5-12(16-14)10-18-13-6-2-4-11(8-13)9-15/h2-8H,9-10H2,1H3. The summed E-state index contributed by atoms with van der Waals surface area (Å²) in [6, 6.07) is 13.6. The zero-order valence-electron chi connectivity index (χ0n) is 10.1. The number of pyridine rings is 1. The van der Waals surface area contributed by atoms with Crippen LogP contribution < -0.4 is 9.47 Å². The molecule has 1 heterocycles. The molecule has 0 radical (unpaired) electrons. The highest BCUT2D eigenvalue weighted by Crippen LogP contribution is 2.17. The molecule has 0 fully saturated rings. The second-order valence-corrected chi connectivity index (χ2v) is 4.30. The third-order valence-electron chi connectivity index (χ3n) is 2.43. The molecule has 0 atom stereocenters. The van der Waals surface area contributed by atoms with Gasteiger partial charge in [-0.05, 0) is 23.8 Å². The number of hydrogen-bond acceptors (Lipinski definition) is 3. The van der Waals surface area contributed by atoms with Gasteiger partial charge in [0.1, 0.15) is 12.4 Å². The molecule has 4 heteroatoms. The van der Waals surface area contributed by atoms with Crippen molar-refractivity contribution in [2.45, 2.75) is 11.9 Å². The number of rotatable bonds is 5. The fourth-order valence-electron chi connectivity index (χ4n) is 1.53. The minimum atomic E-state index is 0.433. The lowest BCUT2D eigenvalue weighted by atomic mass is 10.2. The summed E-state index contributed by atoms with van der Waals surface area (Å²) in [5.74, 6) is 1.45. The predicted molar refractivity (Wildman–Crippen MR) is 74.2 cm³/mol. The summed E-state index contributed by atoms with van der Waals surface area (Å²) in [6.45, 7) is 0.433. The van der Waals surface area contributed by atoms with Crippen LogP contribution in [0.15, 0.2) is 42.5 Å². The summed E-state index contributed by atoms with van der Waals surface area (Å²) in [4.78, 5) is 4.29. The fourth-order valence-corrected chi connectivity index (χ4v) is 1.88. The van der Waals surface area contributed by atoms with Crippen molar-refractivity contribution < 1.29 is 9.47 Å². The summed E-state index contributed by atoms with van der Waals surface area (Å²) < 4.78 is 10.8. The molecule has 0 unspecified atom stereocenters. The van der Waals surface area contributed by atoms with Crippen molar-refractivity contribution in [3.05, 3.63) is 53.7 Å². The molecule has 2 aromatic rings. The molecule has 1 aromatic carbocycles. The minimum Gasteiger partial charge on any atom is -0.487 e. The molecule has 94 valence electrons. The largest absolute Gasteiger partial charge is 0.487 e. The second kappa shape index (κ2) is 6.40. The molecule has 3 nitrogen and oxygen atoms in total. The highest BCUT2D eigenvalue weighted by atomic mass is 79.9. The summed E-state index contributed by atoms with van der Waals surface area (Å²) >= 11 is 3.42. The van der Waals surface area contributed by atoms with Crippen molar-refractivity contribution in [2.75, 3.05) is 7.11 Å². The van der Waals surface area contributed by atoms with Gasteiger partial charge >= 0.3 is 0 Å². The Balaban J connectivity index is 2.01. The average Bonchev–Trinajstić information content (AvgIpc) is 2.45. The van der Waals surface area contributed by atoms with E-state index in [1.54, 1.807) is 7.11 Å². The summed E-state index contributed by atoms with van der Waals surface area (Å²) in [6.07, 6.45) is 0. The van der Waals surface area contributed by atoms with Gasteiger partial charge in [-0.1, -0.05) is 34.1 Å². The average molecular weight is 308 g/mol. The van der Waals surface area contributed by atoms with E-state index in [9.17, 15) is 0 Å². The minimum absolute atomic E-state index is 0.433. The number of nitrogens with zero attached hydrogens (tertiary/aromatic N) is 1. The molecular formula is C14H14BrNO2. The summed E-state index contributed by atoms with van der Waals surface area (Å²) in [5, 5.41) is 0.821. The van der Waals surface area contributed by atoms with Crippen LogP contribution in [0.2, 0.25) is 0 Å². The lowest BCUT2D eigenvalue weighted by molar-refractivity contribution is 0.298. The maximum atomic E-state index is 5.70. The molecule has 0 aliphatic rings.